The zero-order valence-electron chi connectivity index (χ0n) is 18.3. The number of hydrogen-bond donors (Lipinski definition) is 3. The van der Waals surface area contributed by atoms with Crippen molar-refractivity contribution in [1.29, 1.82) is 0 Å². The lowest BCUT2D eigenvalue weighted by molar-refractivity contribution is -0.147. The first-order valence-electron chi connectivity index (χ1n) is 10.9. The van der Waals surface area contributed by atoms with Crippen molar-refractivity contribution in [3.8, 4) is 11.1 Å². The molecule has 2 aromatic carbocycles. The number of benzene rings is 2. The van der Waals surface area contributed by atoms with E-state index >= 15 is 0 Å². The molecule has 0 unspecified atom stereocenters. The van der Waals surface area contributed by atoms with Gasteiger partial charge in [-0.1, -0.05) is 48.5 Å². The number of carbonyl (C=O) groups is 3. The summed E-state index contributed by atoms with van der Waals surface area (Å²) in [6.07, 6.45) is 1.16. The highest BCUT2D eigenvalue weighted by atomic mass is 16.5. The van der Waals surface area contributed by atoms with Crippen molar-refractivity contribution in [2.75, 3.05) is 13.2 Å². The molecule has 2 aromatic rings. The molecule has 0 radical (unpaired) electrons. The fourth-order valence-corrected chi connectivity index (χ4v) is 4.32. The Hall–Kier alpha value is -3.35. The Labute approximate surface area is 187 Å². The van der Waals surface area contributed by atoms with Gasteiger partial charge in [0.15, 0.2) is 0 Å². The van der Waals surface area contributed by atoms with Crippen LogP contribution in [0, 0.1) is 5.41 Å². The van der Waals surface area contributed by atoms with Crippen molar-refractivity contribution in [2.45, 2.75) is 44.6 Å². The lowest BCUT2D eigenvalue weighted by Gasteiger charge is -2.40. The number of fused-ring (bicyclic) bond motifs is 3. The third-order valence-electron chi connectivity index (χ3n) is 6.60. The standard InChI is InChI=1S/C25H28N2O5/c1-24(2,22(29)30)15-26-21(28)25(12-7-13-25)27-23(31)32-14-20-18-10-5-3-8-16(18)17-9-4-6-11-19(17)20/h3-6,8-11,20H,7,12-15H2,1-2H3,(H,26,28)(H,27,31)(H,29,30). The molecule has 0 bridgehead atoms. The Morgan fingerprint density at radius 1 is 1.03 bits per heavy atom. The van der Waals surface area contributed by atoms with Crippen LogP contribution < -0.4 is 10.6 Å². The Morgan fingerprint density at radius 2 is 1.59 bits per heavy atom. The molecular weight excluding hydrogens is 408 g/mol. The predicted molar refractivity (Wildman–Crippen MR) is 119 cm³/mol. The topological polar surface area (TPSA) is 105 Å². The highest BCUT2D eigenvalue weighted by molar-refractivity contribution is 5.91. The maximum atomic E-state index is 12.8. The second-order valence-corrected chi connectivity index (χ2v) is 9.26. The Kier molecular flexibility index (Phi) is 5.67. The van der Waals surface area contributed by atoms with E-state index in [1.54, 1.807) is 13.8 Å². The molecule has 0 aliphatic heterocycles. The van der Waals surface area contributed by atoms with Crippen molar-refractivity contribution in [1.82, 2.24) is 10.6 Å². The van der Waals surface area contributed by atoms with E-state index < -0.39 is 23.0 Å². The van der Waals surface area contributed by atoms with E-state index in [2.05, 4.69) is 22.8 Å². The van der Waals surface area contributed by atoms with E-state index in [-0.39, 0.29) is 25.0 Å². The third kappa shape index (κ3) is 3.95. The van der Waals surface area contributed by atoms with Crippen molar-refractivity contribution in [3.63, 3.8) is 0 Å². The van der Waals surface area contributed by atoms with Crippen LogP contribution in [0.5, 0.6) is 0 Å². The molecule has 0 heterocycles. The number of nitrogens with one attached hydrogen (secondary N) is 2. The second kappa shape index (κ2) is 8.30. The summed E-state index contributed by atoms with van der Waals surface area (Å²) in [5.41, 5.74) is 2.39. The van der Waals surface area contributed by atoms with Gasteiger partial charge in [0, 0.05) is 12.5 Å². The highest BCUT2D eigenvalue weighted by Crippen LogP contribution is 2.44. The van der Waals surface area contributed by atoms with Gasteiger partial charge in [-0.05, 0) is 55.4 Å². The summed E-state index contributed by atoms with van der Waals surface area (Å²) in [5, 5.41) is 14.7. The van der Waals surface area contributed by atoms with Crippen LogP contribution >= 0.6 is 0 Å². The highest BCUT2D eigenvalue weighted by Gasteiger charge is 2.46. The first kappa shape index (κ1) is 21.9. The molecule has 0 aromatic heterocycles. The maximum Gasteiger partial charge on any atom is 0.408 e. The predicted octanol–water partition coefficient (Wildman–Crippen LogP) is 3.67. The van der Waals surface area contributed by atoms with Crippen LogP contribution in [0.15, 0.2) is 48.5 Å². The molecule has 1 saturated carbocycles. The molecule has 0 spiro atoms. The quantitative estimate of drug-likeness (QED) is 0.614. The maximum absolute atomic E-state index is 12.8. The van der Waals surface area contributed by atoms with Crippen LogP contribution in [0.25, 0.3) is 11.1 Å². The van der Waals surface area contributed by atoms with Gasteiger partial charge >= 0.3 is 12.1 Å². The van der Waals surface area contributed by atoms with Gasteiger partial charge in [-0.2, -0.15) is 0 Å². The molecule has 1 fully saturated rings. The number of carboxylic acids is 1. The van der Waals surface area contributed by atoms with Crippen LogP contribution in [-0.2, 0) is 14.3 Å². The summed E-state index contributed by atoms with van der Waals surface area (Å²) in [7, 11) is 0. The van der Waals surface area contributed by atoms with Crippen LogP contribution in [0.3, 0.4) is 0 Å². The number of alkyl carbamates (subject to hydrolysis) is 1. The van der Waals surface area contributed by atoms with Crippen LogP contribution in [-0.4, -0.2) is 41.8 Å². The molecule has 2 aliphatic carbocycles. The fraction of sp³-hybridized carbons (Fsp3) is 0.400. The Balaban J connectivity index is 1.39. The van der Waals surface area contributed by atoms with Gasteiger partial charge in [0.05, 0.1) is 5.41 Å². The molecule has 7 nitrogen and oxygen atoms in total. The van der Waals surface area contributed by atoms with Crippen molar-refractivity contribution < 1.29 is 24.2 Å². The van der Waals surface area contributed by atoms with E-state index in [1.807, 2.05) is 36.4 Å². The van der Waals surface area contributed by atoms with E-state index in [4.69, 9.17) is 4.74 Å². The summed E-state index contributed by atoms with van der Waals surface area (Å²) in [5.74, 6) is -1.42. The van der Waals surface area contributed by atoms with Crippen LogP contribution in [0.4, 0.5) is 4.79 Å². The van der Waals surface area contributed by atoms with E-state index in [9.17, 15) is 19.5 Å². The van der Waals surface area contributed by atoms with Crippen LogP contribution in [0.2, 0.25) is 0 Å². The fourth-order valence-electron chi connectivity index (χ4n) is 4.32. The molecule has 0 saturated heterocycles. The summed E-state index contributed by atoms with van der Waals surface area (Å²) in [4.78, 5) is 36.7. The minimum Gasteiger partial charge on any atom is -0.481 e. The van der Waals surface area contributed by atoms with Gasteiger partial charge in [0.25, 0.3) is 0 Å². The molecule has 2 aliphatic rings. The zero-order chi connectivity index (χ0) is 22.9. The normalized spacial score (nSPS) is 16.3. The van der Waals surface area contributed by atoms with Gasteiger partial charge in [-0.15, -0.1) is 0 Å². The van der Waals surface area contributed by atoms with E-state index in [0.717, 1.165) is 28.7 Å². The largest absolute Gasteiger partial charge is 0.481 e. The molecule has 7 heteroatoms. The third-order valence-corrected chi connectivity index (χ3v) is 6.60. The van der Waals surface area contributed by atoms with Gasteiger partial charge in [0.2, 0.25) is 5.91 Å². The molecule has 2 amide bonds. The minimum atomic E-state index is -1.09. The number of ether oxygens (including phenoxy) is 1. The van der Waals surface area contributed by atoms with Gasteiger partial charge in [-0.25, -0.2) is 4.79 Å². The number of aliphatic carboxylic acids is 1. The lowest BCUT2D eigenvalue weighted by atomic mass is 9.76. The molecule has 4 rings (SSSR count). The summed E-state index contributed by atoms with van der Waals surface area (Å²) < 4.78 is 5.58. The zero-order valence-corrected chi connectivity index (χ0v) is 18.3. The summed E-state index contributed by atoms with van der Waals surface area (Å²) in [6.45, 7) is 3.24. The number of hydrogen-bond acceptors (Lipinski definition) is 4. The molecule has 0 atom stereocenters. The second-order valence-electron chi connectivity index (χ2n) is 9.26. The average Bonchev–Trinajstić information content (AvgIpc) is 3.07. The van der Waals surface area contributed by atoms with Gasteiger partial charge in [-0.3, -0.25) is 9.59 Å². The van der Waals surface area contributed by atoms with Gasteiger partial charge in [0.1, 0.15) is 12.1 Å². The number of amides is 2. The molecule has 32 heavy (non-hydrogen) atoms. The first-order chi connectivity index (χ1) is 15.2. The molecular formula is C25H28N2O5. The first-order valence-corrected chi connectivity index (χ1v) is 10.9. The smallest absolute Gasteiger partial charge is 0.408 e. The SMILES string of the molecule is CC(C)(CNC(=O)C1(NC(=O)OCC2c3ccccc3-c3ccccc32)CCC1)C(=O)O. The van der Waals surface area contributed by atoms with E-state index in [0.29, 0.717) is 12.8 Å². The Morgan fingerprint density at radius 3 is 2.09 bits per heavy atom. The number of carbonyl (C=O) groups excluding carboxylic acids is 2. The van der Waals surface area contributed by atoms with E-state index in [1.165, 1.54) is 0 Å². The molecule has 3 N–H and O–H groups in total. The van der Waals surface area contributed by atoms with Gasteiger partial charge < -0.3 is 20.5 Å². The number of carboxylic acid groups (broad SMARTS) is 1. The minimum absolute atomic E-state index is 0.0186. The summed E-state index contributed by atoms with van der Waals surface area (Å²) >= 11 is 0. The summed E-state index contributed by atoms with van der Waals surface area (Å²) in [6, 6.07) is 16.2. The average molecular weight is 437 g/mol. The number of rotatable bonds is 7. The van der Waals surface area contributed by atoms with Crippen LogP contribution in [0.1, 0.15) is 50.2 Å². The lowest BCUT2D eigenvalue weighted by Crippen LogP contribution is -2.63. The van der Waals surface area contributed by atoms with Crippen molar-refractivity contribution in [3.05, 3.63) is 59.7 Å². The molecule has 168 valence electrons. The monoisotopic (exact) mass is 436 g/mol. The Bertz CT molecular complexity index is 1010. The van der Waals surface area contributed by atoms with Crippen molar-refractivity contribution in [2.24, 2.45) is 5.41 Å². The van der Waals surface area contributed by atoms with Crippen molar-refractivity contribution >= 4 is 18.0 Å².